The van der Waals surface area contributed by atoms with Crippen molar-refractivity contribution >= 4 is 89.5 Å². The Morgan fingerprint density at radius 2 is 1.32 bits per heavy atom. The molecule has 0 saturated heterocycles. The number of hydrogen-bond donors (Lipinski definition) is 3. The predicted octanol–water partition coefficient (Wildman–Crippen LogP) is 8.74. The van der Waals surface area contributed by atoms with Crippen molar-refractivity contribution in [2.45, 2.75) is 44.2 Å². The number of nitrogens with zero attached hydrogens (tertiary/aromatic N) is 3. The zero-order chi connectivity index (χ0) is 45.9. The van der Waals surface area contributed by atoms with Crippen LogP contribution in [0.4, 0.5) is 38.9 Å². The van der Waals surface area contributed by atoms with Gasteiger partial charge in [0, 0.05) is 23.0 Å². The Kier molecular flexibility index (Phi) is 15.6. The first kappa shape index (κ1) is 47.2. The van der Waals surface area contributed by atoms with E-state index in [1.54, 1.807) is 62.4 Å². The highest BCUT2D eigenvalue weighted by Gasteiger charge is 2.35. The van der Waals surface area contributed by atoms with Gasteiger partial charge in [-0.15, -0.1) is 0 Å². The van der Waals surface area contributed by atoms with Crippen LogP contribution in [-0.2, 0) is 34.3 Å². The average Bonchev–Trinajstić information content (AvgIpc) is 3.25. The van der Waals surface area contributed by atoms with Crippen LogP contribution in [0.5, 0.6) is 5.75 Å². The van der Waals surface area contributed by atoms with Crippen molar-refractivity contribution in [3.05, 3.63) is 131 Å². The van der Waals surface area contributed by atoms with Gasteiger partial charge < -0.3 is 19.5 Å². The Morgan fingerprint density at radius 1 is 0.746 bits per heavy atom. The summed E-state index contributed by atoms with van der Waals surface area (Å²) < 4.78 is 70.2. The van der Waals surface area contributed by atoms with Gasteiger partial charge in [0.2, 0.25) is 21.9 Å². The van der Waals surface area contributed by atoms with Crippen LogP contribution in [0.3, 0.4) is 0 Å². The lowest BCUT2D eigenvalue weighted by molar-refractivity contribution is -0.122. The molecule has 330 valence electrons. The van der Waals surface area contributed by atoms with Gasteiger partial charge in [-0.2, -0.15) is 10.2 Å². The van der Waals surface area contributed by atoms with Gasteiger partial charge in [-0.05, 0) is 136 Å². The van der Waals surface area contributed by atoms with E-state index >= 15 is 0 Å². The molecule has 63 heavy (non-hydrogen) atoms. The topological polar surface area (TPSA) is 228 Å². The van der Waals surface area contributed by atoms with Crippen LogP contribution in [0.25, 0.3) is 0 Å². The van der Waals surface area contributed by atoms with Crippen LogP contribution >= 0.6 is 11.6 Å². The maximum absolute atomic E-state index is 14.0. The number of nitrogens with one attached hydrogen (secondary N) is 3. The molecule has 0 heterocycles. The summed E-state index contributed by atoms with van der Waals surface area (Å²) in [6, 6.07) is 26.7. The number of esters is 1. The first-order chi connectivity index (χ1) is 29.9. The molecule has 0 bridgehead atoms. The van der Waals surface area contributed by atoms with Gasteiger partial charge in [-0.25, -0.2) is 26.4 Å². The number of azo groups is 1. The molecule has 1 atom stereocenters. The molecule has 0 aliphatic heterocycles. The molecule has 0 spiro atoms. The number of hydrogen-bond acceptors (Lipinski definition) is 13. The summed E-state index contributed by atoms with van der Waals surface area (Å²) in [7, 11) is -6.40. The molecule has 20 heteroatoms. The van der Waals surface area contributed by atoms with Crippen molar-refractivity contribution in [1.29, 1.82) is 0 Å². The van der Waals surface area contributed by atoms with Gasteiger partial charge in [-0.3, -0.25) is 23.9 Å². The number of carbonyl (C=O) groups is 4. The van der Waals surface area contributed by atoms with E-state index in [0.717, 1.165) is 6.26 Å². The number of sulfonamides is 2. The number of ketones is 1. The standard InChI is InChI=1S/C43H43ClN6O11S2/c1-6-25-60-42(53)29-7-11-30(12-8-29)46-47-31-13-18-34(19-14-31)50(27(2)3)43(54)61-40(39(51)28-9-20-35(59-4)21-10-28)41(52)45-38-26-33(17-24-37(38)44)49-63(57,58)36-22-15-32(16-23-36)48-62(5,55)56/h7-24,26-27,40,48-49H,6,25H2,1-5H3,(H,45,52). The number of carbonyl (C=O) groups excluding carboxylic acids is 4. The van der Waals surface area contributed by atoms with Crippen LogP contribution in [0.1, 0.15) is 47.9 Å². The third kappa shape index (κ3) is 13.1. The van der Waals surface area contributed by atoms with Crippen LogP contribution in [-0.4, -0.2) is 72.7 Å². The minimum Gasteiger partial charge on any atom is -0.497 e. The maximum atomic E-state index is 14.0. The van der Waals surface area contributed by atoms with E-state index in [2.05, 4.69) is 25.0 Å². The Hall–Kier alpha value is -6.83. The normalized spacial score (nSPS) is 12.0. The first-order valence-electron chi connectivity index (χ1n) is 19.1. The van der Waals surface area contributed by atoms with Crippen molar-refractivity contribution < 1.29 is 50.2 Å². The second-order valence-electron chi connectivity index (χ2n) is 13.9. The number of amides is 2. The fourth-order valence-electron chi connectivity index (χ4n) is 5.66. The Labute approximate surface area is 369 Å². The maximum Gasteiger partial charge on any atom is 0.415 e. The summed E-state index contributed by atoms with van der Waals surface area (Å²) in [5.74, 6) is -2.01. The molecule has 5 aromatic carbocycles. The Morgan fingerprint density at radius 3 is 1.87 bits per heavy atom. The SMILES string of the molecule is CCCOC(=O)c1ccc(N=Nc2ccc(N(C(=O)OC(C(=O)Nc3cc(NS(=O)(=O)c4ccc(NS(C)(=O)=O)cc4)ccc3Cl)C(=O)c3ccc(OC)cc3)C(C)C)cc2)cc1. The molecule has 1 unspecified atom stereocenters. The molecule has 0 aliphatic rings. The molecule has 2 amide bonds. The molecule has 0 radical (unpaired) electrons. The predicted molar refractivity (Wildman–Crippen MR) is 239 cm³/mol. The van der Waals surface area contributed by atoms with Gasteiger partial charge in [-0.1, -0.05) is 18.5 Å². The molecule has 0 fully saturated rings. The smallest absolute Gasteiger partial charge is 0.415 e. The molecular weight excluding hydrogens is 876 g/mol. The molecule has 0 aromatic heterocycles. The number of Topliss-reactive ketones (excluding diaryl/α,β-unsaturated/α-hetero) is 1. The van der Waals surface area contributed by atoms with E-state index in [-0.39, 0.29) is 32.5 Å². The van der Waals surface area contributed by atoms with Crippen LogP contribution in [0.2, 0.25) is 5.02 Å². The van der Waals surface area contributed by atoms with E-state index in [0.29, 0.717) is 41.4 Å². The summed E-state index contributed by atoms with van der Waals surface area (Å²) in [5, 5.41) is 10.9. The molecule has 3 N–H and O–H groups in total. The van der Waals surface area contributed by atoms with Gasteiger partial charge >= 0.3 is 12.1 Å². The Bertz CT molecular complexity index is 2700. The number of halogens is 1. The van der Waals surface area contributed by atoms with E-state index < -0.39 is 55.9 Å². The number of rotatable bonds is 18. The van der Waals surface area contributed by atoms with Crippen molar-refractivity contribution in [3.63, 3.8) is 0 Å². The zero-order valence-corrected chi connectivity index (χ0v) is 37.0. The minimum absolute atomic E-state index is 0.00555. The lowest BCUT2D eigenvalue weighted by Gasteiger charge is -2.28. The lowest BCUT2D eigenvalue weighted by atomic mass is 10.1. The minimum atomic E-state index is -4.24. The average molecular weight is 919 g/mol. The molecule has 5 aromatic rings. The molecule has 5 rings (SSSR count). The highest BCUT2D eigenvalue weighted by molar-refractivity contribution is 7.92. The number of ether oxygens (including phenoxy) is 3. The van der Waals surface area contributed by atoms with E-state index in [1.807, 2.05) is 6.92 Å². The first-order valence-corrected chi connectivity index (χ1v) is 22.8. The molecule has 0 aliphatic carbocycles. The van der Waals surface area contributed by atoms with Gasteiger partial charge in [0.05, 0.1) is 58.2 Å². The third-order valence-corrected chi connectivity index (χ3v) is 11.0. The summed E-state index contributed by atoms with van der Waals surface area (Å²) in [5.41, 5.74) is 1.60. The van der Waals surface area contributed by atoms with Crippen LogP contribution in [0.15, 0.2) is 130 Å². The lowest BCUT2D eigenvalue weighted by Crippen LogP contribution is -2.45. The number of anilines is 4. The van der Waals surface area contributed by atoms with Crippen molar-refractivity contribution in [2.24, 2.45) is 10.2 Å². The summed E-state index contributed by atoms with van der Waals surface area (Å²) >= 11 is 6.42. The molecular formula is C43H43ClN6O11S2. The molecule has 0 saturated carbocycles. The van der Waals surface area contributed by atoms with Crippen molar-refractivity contribution in [2.75, 3.05) is 39.6 Å². The largest absolute Gasteiger partial charge is 0.497 e. The zero-order valence-electron chi connectivity index (χ0n) is 34.6. The summed E-state index contributed by atoms with van der Waals surface area (Å²) in [6.45, 7) is 5.61. The third-order valence-electron chi connectivity index (χ3n) is 8.68. The van der Waals surface area contributed by atoms with Crippen LogP contribution in [0, 0.1) is 0 Å². The van der Waals surface area contributed by atoms with Crippen LogP contribution < -0.4 is 24.4 Å². The van der Waals surface area contributed by atoms with Gasteiger partial charge in [0.25, 0.3) is 15.9 Å². The van der Waals surface area contributed by atoms with Gasteiger partial charge in [0.1, 0.15) is 5.75 Å². The monoisotopic (exact) mass is 918 g/mol. The van der Waals surface area contributed by atoms with E-state index in [1.165, 1.54) is 78.7 Å². The van der Waals surface area contributed by atoms with Gasteiger partial charge in [0.15, 0.2) is 0 Å². The number of methoxy groups -OCH3 is 1. The second-order valence-corrected chi connectivity index (χ2v) is 17.7. The van der Waals surface area contributed by atoms with E-state index in [9.17, 15) is 36.0 Å². The number of benzene rings is 5. The fourth-order valence-corrected chi connectivity index (χ4v) is 7.43. The highest BCUT2D eigenvalue weighted by Crippen LogP contribution is 2.30. The fraction of sp³-hybridized carbons (Fsp3) is 0.209. The summed E-state index contributed by atoms with van der Waals surface area (Å²) in [6.07, 6.45) is -1.47. The van der Waals surface area contributed by atoms with Crippen molar-refractivity contribution in [1.82, 2.24) is 0 Å². The van der Waals surface area contributed by atoms with E-state index in [4.69, 9.17) is 25.8 Å². The second kappa shape index (κ2) is 20.8. The highest BCUT2D eigenvalue weighted by atomic mass is 35.5. The molecule has 17 nitrogen and oxygen atoms in total. The summed E-state index contributed by atoms with van der Waals surface area (Å²) in [4.78, 5) is 55.0. The Balaban J connectivity index is 1.35. The van der Waals surface area contributed by atoms with Crippen molar-refractivity contribution in [3.8, 4) is 5.75 Å². The quantitative estimate of drug-likeness (QED) is 0.0326.